The summed E-state index contributed by atoms with van der Waals surface area (Å²) in [6.07, 6.45) is 4.20. The predicted octanol–water partition coefficient (Wildman–Crippen LogP) is 2.60. The highest BCUT2D eigenvalue weighted by Gasteiger charge is 2.22. The highest BCUT2D eigenvalue weighted by molar-refractivity contribution is 7.16. The number of carbonyl (C=O) groups is 1. The van der Waals surface area contributed by atoms with E-state index in [1.165, 1.54) is 16.2 Å². The van der Waals surface area contributed by atoms with Crippen LogP contribution in [-0.4, -0.2) is 15.5 Å². The van der Waals surface area contributed by atoms with Gasteiger partial charge in [0.25, 0.3) is 5.91 Å². The lowest BCUT2D eigenvalue weighted by Crippen LogP contribution is -2.12. The van der Waals surface area contributed by atoms with Gasteiger partial charge in [0.15, 0.2) is 5.69 Å². The van der Waals surface area contributed by atoms with Gasteiger partial charge in [-0.25, -0.2) is 0 Å². The molecule has 1 N–H and O–H groups in total. The van der Waals surface area contributed by atoms with Crippen LogP contribution in [0, 0.1) is 11.3 Å². The Morgan fingerprint density at radius 1 is 1.42 bits per heavy atom. The fraction of sp³-hybridized carbons (Fsp3) is 0.333. The molecule has 0 unspecified atom stereocenters. The normalized spacial score (nSPS) is 13.6. The number of hydrogen-bond donors (Lipinski definition) is 1. The van der Waals surface area contributed by atoms with Gasteiger partial charge >= 0.3 is 0 Å². The second-order valence-electron chi connectivity index (χ2n) is 4.27. The van der Waals surface area contributed by atoms with Crippen LogP contribution in [0.15, 0.2) is 5.38 Å². The first kappa shape index (κ1) is 12.3. The number of rotatable bonds is 2. The Bertz CT molecular complexity index is 654. The molecule has 0 radical (unpaired) electrons. The van der Waals surface area contributed by atoms with Crippen molar-refractivity contribution in [2.75, 3.05) is 5.32 Å². The Hall–Kier alpha value is -1.78. The number of aryl methyl sites for hydroxylation is 1. The molecule has 3 rings (SSSR count). The van der Waals surface area contributed by atoms with Gasteiger partial charge in [0.2, 0.25) is 0 Å². The number of aromatic nitrogens is 2. The van der Waals surface area contributed by atoms with Crippen molar-refractivity contribution in [3.63, 3.8) is 0 Å². The quantitative estimate of drug-likeness (QED) is 0.922. The molecule has 1 amide bonds. The summed E-state index contributed by atoms with van der Waals surface area (Å²) >= 11 is 2.65. The van der Waals surface area contributed by atoms with Crippen molar-refractivity contribution in [1.82, 2.24) is 9.59 Å². The maximum atomic E-state index is 11.9. The number of anilines is 1. The van der Waals surface area contributed by atoms with Crippen LogP contribution in [0.4, 0.5) is 5.00 Å². The molecule has 0 aliphatic heterocycles. The largest absolute Gasteiger partial charge is 0.311 e. The summed E-state index contributed by atoms with van der Waals surface area (Å²) in [7, 11) is 0. The molecule has 2 aromatic rings. The van der Waals surface area contributed by atoms with Crippen LogP contribution in [0.1, 0.15) is 39.3 Å². The van der Waals surface area contributed by atoms with Crippen molar-refractivity contribution in [3.05, 3.63) is 27.1 Å². The fourth-order valence-corrected chi connectivity index (χ4v) is 3.87. The molecule has 0 atom stereocenters. The topological polar surface area (TPSA) is 78.7 Å². The molecule has 0 bridgehead atoms. The van der Waals surface area contributed by atoms with Crippen molar-refractivity contribution >= 4 is 33.8 Å². The lowest BCUT2D eigenvalue weighted by atomic mass is 9.96. The molecule has 96 valence electrons. The molecule has 5 nitrogen and oxygen atoms in total. The number of amides is 1. The predicted molar refractivity (Wildman–Crippen MR) is 73.5 cm³/mol. The first-order valence-corrected chi connectivity index (χ1v) is 7.58. The van der Waals surface area contributed by atoms with Crippen molar-refractivity contribution in [2.24, 2.45) is 0 Å². The van der Waals surface area contributed by atoms with E-state index in [-0.39, 0.29) is 5.91 Å². The highest BCUT2D eigenvalue weighted by Crippen LogP contribution is 2.37. The molecule has 0 aromatic carbocycles. The van der Waals surface area contributed by atoms with Crippen LogP contribution in [0.2, 0.25) is 0 Å². The van der Waals surface area contributed by atoms with E-state index >= 15 is 0 Å². The zero-order valence-corrected chi connectivity index (χ0v) is 11.6. The van der Waals surface area contributed by atoms with Crippen LogP contribution in [0.5, 0.6) is 0 Å². The van der Waals surface area contributed by atoms with E-state index in [1.54, 1.807) is 5.38 Å². The van der Waals surface area contributed by atoms with E-state index in [9.17, 15) is 10.1 Å². The van der Waals surface area contributed by atoms with Gasteiger partial charge in [-0.1, -0.05) is 4.49 Å². The van der Waals surface area contributed by atoms with E-state index in [0.717, 1.165) is 42.8 Å². The fourth-order valence-electron chi connectivity index (χ4n) is 2.20. The molecule has 7 heteroatoms. The number of carbonyl (C=O) groups excluding carboxylic acids is 1. The molecule has 0 saturated heterocycles. The van der Waals surface area contributed by atoms with Crippen molar-refractivity contribution in [3.8, 4) is 6.07 Å². The lowest BCUT2D eigenvalue weighted by molar-refractivity contribution is 0.102. The number of fused-ring (bicyclic) bond motifs is 1. The van der Waals surface area contributed by atoms with E-state index in [4.69, 9.17) is 0 Å². The minimum atomic E-state index is -0.302. The summed E-state index contributed by atoms with van der Waals surface area (Å²) in [6.45, 7) is 0. The minimum Gasteiger partial charge on any atom is -0.311 e. The Balaban J connectivity index is 1.91. The average molecular weight is 290 g/mol. The van der Waals surface area contributed by atoms with Crippen molar-refractivity contribution in [2.45, 2.75) is 25.7 Å². The number of nitrogens with one attached hydrogen (secondary N) is 1. The van der Waals surface area contributed by atoms with Gasteiger partial charge in [0, 0.05) is 10.3 Å². The summed E-state index contributed by atoms with van der Waals surface area (Å²) in [4.78, 5) is 13.2. The average Bonchev–Trinajstić information content (AvgIpc) is 3.05. The smallest absolute Gasteiger partial charge is 0.277 e. The third-order valence-electron chi connectivity index (χ3n) is 3.10. The maximum Gasteiger partial charge on any atom is 0.277 e. The van der Waals surface area contributed by atoms with E-state index in [0.29, 0.717) is 16.3 Å². The van der Waals surface area contributed by atoms with Gasteiger partial charge in [0.1, 0.15) is 11.1 Å². The molecule has 19 heavy (non-hydrogen) atoms. The first-order valence-electron chi connectivity index (χ1n) is 5.92. The van der Waals surface area contributed by atoms with E-state index < -0.39 is 0 Å². The highest BCUT2D eigenvalue weighted by atomic mass is 32.1. The lowest BCUT2D eigenvalue weighted by Gasteiger charge is -2.09. The van der Waals surface area contributed by atoms with Crippen LogP contribution < -0.4 is 5.32 Å². The molecule has 2 heterocycles. The summed E-state index contributed by atoms with van der Waals surface area (Å²) in [6, 6.07) is 2.22. The van der Waals surface area contributed by atoms with Crippen molar-refractivity contribution in [1.29, 1.82) is 5.26 Å². The zero-order valence-electron chi connectivity index (χ0n) is 9.97. The minimum absolute atomic E-state index is 0.292. The van der Waals surface area contributed by atoms with Crippen LogP contribution in [0.25, 0.3) is 0 Å². The Labute approximate surface area is 118 Å². The van der Waals surface area contributed by atoms with Crippen LogP contribution in [-0.2, 0) is 12.8 Å². The van der Waals surface area contributed by atoms with Crippen molar-refractivity contribution < 1.29 is 4.79 Å². The molecular weight excluding hydrogens is 280 g/mol. The molecule has 0 fully saturated rings. The number of nitrogens with zero attached hydrogens (tertiary/aromatic N) is 3. The molecule has 0 spiro atoms. The maximum absolute atomic E-state index is 11.9. The molecule has 0 saturated carbocycles. The van der Waals surface area contributed by atoms with Gasteiger partial charge in [-0.2, -0.15) is 5.26 Å². The number of thiophene rings is 1. The Kier molecular flexibility index (Phi) is 3.27. The standard InChI is InChI=1S/C12H10N4OS2/c13-5-8-7-3-1-2-4-10(7)19-12(8)14-11(17)9-6-18-16-15-9/h6H,1-4H2,(H,14,17). The zero-order chi connectivity index (χ0) is 13.2. The van der Waals surface area contributed by atoms with Gasteiger partial charge in [-0.3, -0.25) is 4.79 Å². The molecular formula is C12H10N4OS2. The van der Waals surface area contributed by atoms with Crippen LogP contribution >= 0.6 is 22.9 Å². The second-order valence-corrected chi connectivity index (χ2v) is 5.99. The summed E-state index contributed by atoms with van der Waals surface area (Å²) in [5.41, 5.74) is 2.03. The summed E-state index contributed by atoms with van der Waals surface area (Å²) < 4.78 is 3.66. The number of nitriles is 1. The third kappa shape index (κ3) is 2.25. The molecule has 2 aromatic heterocycles. The summed E-state index contributed by atoms with van der Waals surface area (Å²) in [5, 5.41) is 18.0. The van der Waals surface area contributed by atoms with E-state index in [2.05, 4.69) is 21.0 Å². The van der Waals surface area contributed by atoms with Gasteiger partial charge in [-0.05, 0) is 42.8 Å². The SMILES string of the molecule is N#Cc1c(NC(=O)c2csnn2)sc2c1CCCC2. The Morgan fingerprint density at radius 2 is 2.26 bits per heavy atom. The monoisotopic (exact) mass is 290 g/mol. The Morgan fingerprint density at radius 3 is 3.00 bits per heavy atom. The van der Waals surface area contributed by atoms with Gasteiger partial charge in [-0.15, -0.1) is 16.4 Å². The van der Waals surface area contributed by atoms with Gasteiger partial charge < -0.3 is 5.32 Å². The van der Waals surface area contributed by atoms with Crippen LogP contribution in [0.3, 0.4) is 0 Å². The molecule has 1 aliphatic carbocycles. The number of hydrogen-bond acceptors (Lipinski definition) is 6. The van der Waals surface area contributed by atoms with E-state index in [1.807, 2.05) is 0 Å². The first-order chi connectivity index (χ1) is 9.29. The van der Waals surface area contributed by atoms with Gasteiger partial charge in [0.05, 0.1) is 5.56 Å². The second kappa shape index (κ2) is 5.07. The third-order valence-corrected chi connectivity index (χ3v) is 4.81. The summed E-state index contributed by atoms with van der Waals surface area (Å²) in [5.74, 6) is -0.302. The molecule has 1 aliphatic rings.